The van der Waals surface area contributed by atoms with Gasteiger partial charge in [0.1, 0.15) is 5.52 Å². The van der Waals surface area contributed by atoms with Crippen molar-refractivity contribution in [2.75, 3.05) is 0 Å². The Kier molecular flexibility index (Phi) is 5.85. The lowest BCUT2D eigenvalue weighted by atomic mass is 9.93. The second-order valence-electron chi connectivity index (χ2n) is 6.44. The highest BCUT2D eigenvalue weighted by Crippen LogP contribution is 2.39. The van der Waals surface area contributed by atoms with E-state index in [4.69, 9.17) is 32.9 Å². The van der Waals surface area contributed by atoms with Gasteiger partial charge in [0.2, 0.25) is 0 Å². The van der Waals surface area contributed by atoms with Crippen LogP contribution in [0.1, 0.15) is 43.7 Å². The van der Waals surface area contributed by atoms with Crippen molar-refractivity contribution >= 4 is 50.2 Å². The zero-order valence-corrected chi connectivity index (χ0v) is 18.3. The normalized spacial score (nSPS) is 11.5. The highest BCUT2D eigenvalue weighted by molar-refractivity contribution is 9.10. The number of ether oxygens (including phenoxy) is 1. The number of aromatic nitrogens is 2. The van der Waals surface area contributed by atoms with Crippen molar-refractivity contribution < 1.29 is 4.74 Å². The Morgan fingerprint density at radius 3 is 2.50 bits per heavy atom. The van der Waals surface area contributed by atoms with E-state index in [0.717, 1.165) is 33.9 Å². The molecule has 0 saturated carbocycles. The number of nitrogens with zero attached hydrogens (tertiary/aromatic N) is 2. The van der Waals surface area contributed by atoms with Gasteiger partial charge in [0.05, 0.1) is 10.5 Å². The minimum atomic E-state index is 0.473. The molecular formula is C20H21BrCl2N2O. The van der Waals surface area contributed by atoms with Crippen LogP contribution in [0.2, 0.25) is 10.0 Å². The number of rotatable bonds is 5. The summed E-state index contributed by atoms with van der Waals surface area (Å²) in [5.74, 6) is 1.06. The molecule has 138 valence electrons. The van der Waals surface area contributed by atoms with Gasteiger partial charge in [-0.3, -0.25) is 4.57 Å². The van der Waals surface area contributed by atoms with Gasteiger partial charge in [-0.1, -0.05) is 43.1 Å². The van der Waals surface area contributed by atoms with E-state index in [0.29, 0.717) is 27.7 Å². The highest BCUT2D eigenvalue weighted by atomic mass is 79.9. The van der Waals surface area contributed by atoms with Crippen LogP contribution in [0.4, 0.5) is 0 Å². The molecule has 3 aromatic rings. The molecule has 26 heavy (non-hydrogen) atoms. The number of halogens is 3. The third kappa shape index (κ3) is 3.47. The van der Waals surface area contributed by atoms with E-state index in [-0.39, 0.29) is 0 Å². The summed E-state index contributed by atoms with van der Waals surface area (Å²) in [6.45, 7) is 6.35. The maximum atomic E-state index is 6.34. The fraction of sp³-hybridized carbons (Fsp3) is 0.350. The minimum absolute atomic E-state index is 0.473. The fourth-order valence-electron chi connectivity index (χ4n) is 3.35. The third-order valence-electron chi connectivity index (χ3n) is 4.78. The lowest BCUT2D eigenvalue weighted by Crippen LogP contribution is -2.01. The average Bonchev–Trinajstić information content (AvgIpc) is 2.92. The Morgan fingerprint density at radius 2 is 1.88 bits per heavy atom. The first-order valence-electron chi connectivity index (χ1n) is 8.65. The van der Waals surface area contributed by atoms with Gasteiger partial charge in [-0.15, -0.1) is 0 Å². The smallest absolute Gasteiger partial charge is 0.302 e. The molecule has 0 radical (unpaired) electrons. The molecule has 0 fully saturated rings. The maximum Gasteiger partial charge on any atom is 0.302 e. The predicted molar refractivity (Wildman–Crippen MR) is 113 cm³/mol. The summed E-state index contributed by atoms with van der Waals surface area (Å²) in [5, 5.41) is 1.06. The fourth-order valence-corrected chi connectivity index (χ4v) is 4.40. The lowest BCUT2D eigenvalue weighted by Gasteiger charge is -2.16. The summed E-state index contributed by atoms with van der Waals surface area (Å²) in [7, 11) is 1.97. The van der Waals surface area contributed by atoms with Crippen LogP contribution in [-0.4, -0.2) is 9.55 Å². The Bertz CT molecular complexity index is 941. The van der Waals surface area contributed by atoms with Gasteiger partial charge < -0.3 is 4.74 Å². The van der Waals surface area contributed by atoms with Crippen LogP contribution in [0, 0.1) is 6.92 Å². The monoisotopic (exact) mass is 454 g/mol. The average molecular weight is 456 g/mol. The van der Waals surface area contributed by atoms with Crippen molar-refractivity contribution in [3.05, 3.63) is 49.9 Å². The Balaban J connectivity index is 2.16. The van der Waals surface area contributed by atoms with Crippen LogP contribution in [0.3, 0.4) is 0 Å². The van der Waals surface area contributed by atoms with E-state index in [1.807, 2.05) is 24.6 Å². The van der Waals surface area contributed by atoms with E-state index >= 15 is 0 Å². The Morgan fingerprint density at radius 1 is 1.19 bits per heavy atom. The van der Waals surface area contributed by atoms with Crippen LogP contribution in [0.5, 0.6) is 11.8 Å². The van der Waals surface area contributed by atoms with Gasteiger partial charge in [-0.2, -0.15) is 4.98 Å². The third-order valence-corrected chi connectivity index (χ3v) is 5.91. The summed E-state index contributed by atoms with van der Waals surface area (Å²) in [6.07, 6.45) is 2.16. The van der Waals surface area contributed by atoms with Crippen LogP contribution >= 0.6 is 39.1 Å². The topological polar surface area (TPSA) is 27.1 Å². The molecule has 0 aliphatic rings. The van der Waals surface area contributed by atoms with E-state index in [2.05, 4.69) is 41.9 Å². The number of aryl methyl sites for hydroxylation is 2. The van der Waals surface area contributed by atoms with Crippen LogP contribution in [-0.2, 0) is 7.05 Å². The molecule has 0 bridgehead atoms. The second-order valence-corrected chi connectivity index (χ2v) is 8.13. The van der Waals surface area contributed by atoms with Gasteiger partial charge in [0, 0.05) is 16.5 Å². The number of benzene rings is 2. The van der Waals surface area contributed by atoms with E-state index in [1.165, 1.54) is 5.56 Å². The number of fused-ring (bicyclic) bond motifs is 1. The Hall–Kier alpha value is -1.23. The number of imidazole rings is 1. The summed E-state index contributed by atoms with van der Waals surface area (Å²) in [6, 6.07) is 8.26. The van der Waals surface area contributed by atoms with Crippen LogP contribution in [0.25, 0.3) is 11.0 Å². The molecule has 0 spiro atoms. The molecule has 3 rings (SSSR count). The lowest BCUT2D eigenvalue weighted by molar-refractivity contribution is 0.425. The molecule has 0 amide bonds. The summed E-state index contributed by atoms with van der Waals surface area (Å²) in [4.78, 5) is 4.73. The van der Waals surface area contributed by atoms with Crippen molar-refractivity contribution in [3.63, 3.8) is 0 Å². The van der Waals surface area contributed by atoms with Crippen molar-refractivity contribution in [1.29, 1.82) is 0 Å². The molecule has 3 nitrogen and oxygen atoms in total. The molecule has 2 aromatic carbocycles. The van der Waals surface area contributed by atoms with Crippen LogP contribution in [0.15, 0.2) is 28.7 Å². The van der Waals surface area contributed by atoms with Gasteiger partial charge in [-0.05, 0) is 70.9 Å². The van der Waals surface area contributed by atoms with Gasteiger partial charge in [0.25, 0.3) is 0 Å². The molecule has 0 saturated heterocycles. The van der Waals surface area contributed by atoms with Crippen molar-refractivity contribution in [3.8, 4) is 11.8 Å². The van der Waals surface area contributed by atoms with Gasteiger partial charge >= 0.3 is 6.01 Å². The zero-order valence-electron chi connectivity index (χ0n) is 15.2. The predicted octanol–water partition coefficient (Wildman–Crippen LogP) is 7.65. The van der Waals surface area contributed by atoms with Crippen molar-refractivity contribution in [2.24, 2.45) is 7.05 Å². The number of hydrogen-bond donors (Lipinski definition) is 0. The van der Waals surface area contributed by atoms with Crippen LogP contribution < -0.4 is 4.74 Å². The molecule has 0 atom stereocenters. The largest absolute Gasteiger partial charge is 0.424 e. The van der Waals surface area contributed by atoms with E-state index in [9.17, 15) is 0 Å². The molecule has 0 aliphatic heterocycles. The quantitative estimate of drug-likeness (QED) is 0.395. The SMILES string of the molecule is CCC(CC)c1ccc(Br)c2nc(Oc3c(C)cc(Cl)cc3Cl)n(C)c12. The second kappa shape index (κ2) is 7.79. The van der Waals surface area contributed by atoms with Gasteiger partial charge in [0.15, 0.2) is 5.75 Å². The summed E-state index contributed by atoms with van der Waals surface area (Å²) in [5.41, 5.74) is 4.14. The first-order chi connectivity index (χ1) is 12.4. The standard InChI is InChI=1S/C20H21BrCl2N2O/c1-5-12(6-2)14-7-8-15(21)17-18(14)25(4)20(24-17)26-19-11(3)9-13(22)10-16(19)23/h7-10,12H,5-6H2,1-4H3. The summed E-state index contributed by atoms with van der Waals surface area (Å²) < 4.78 is 9.06. The molecule has 0 aliphatic carbocycles. The minimum Gasteiger partial charge on any atom is -0.424 e. The van der Waals surface area contributed by atoms with Crippen molar-refractivity contribution in [2.45, 2.75) is 39.5 Å². The molecule has 1 heterocycles. The van der Waals surface area contributed by atoms with Gasteiger partial charge in [-0.25, -0.2) is 0 Å². The van der Waals surface area contributed by atoms with Crippen molar-refractivity contribution in [1.82, 2.24) is 9.55 Å². The molecule has 1 aromatic heterocycles. The Labute approximate surface area is 172 Å². The summed E-state index contributed by atoms with van der Waals surface area (Å²) >= 11 is 16.0. The van der Waals surface area contributed by atoms with E-state index < -0.39 is 0 Å². The first kappa shape index (κ1) is 19.5. The maximum absolute atomic E-state index is 6.34. The molecule has 6 heteroatoms. The highest BCUT2D eigenvalue weighted by Gasteiger charge is 2.20. The first-order valence-corrected chi connectivity index (χ1v) is 10.2. The molecule has 0 unspecified atom stereocenters. The molecule has 0 N–H and O–H groups in total. The number of hydrogen-bond acceptors (Lipinski definition) is 2. The zero-order chi connectivity index (χ0) is 19.0. The molecular weight excluding hydrogens is 435 g/mol. The van der Waals surface area contributed by atoms with E-state index in [1.54, 1.807) is 6.07 Å².